The van der Waals surface area contributed by atoms with Gasteiger partial charge < -0.3 is 4.74 Å². The molecular formula is C13H12O3P+. The number of para-hydroxylation sites is 1. The van der Waals surface area contributed by atoms with Crippen LogP contribution in [0.25, 0.3) is 0 Å². The Kier molecular flexibility index (Phi) is 3.86. The van der Waals surface area contributed by atoms with E-state index in [1.54, 1.807) is 24.3 Å². The quantitative estimate of drug-likeness (QED) is 0.837. The van der Waals surface area contributed by atoms with Gasteiger partial charge in [-0.15, -0.1) is 0 Å². The van der Waals surface area contributed by atoms with Gasteiger partial charge in [-0.1, -0.05) is 30.3 Å². The highest BCUT2D eigenvalue weighted by molar-refractivity contribution is 7.37. The van der Waals surface area contributed by atoms with Gasteiger partial charge in [-0.3, -0.25) is 0 Å². The van der Waals surface area contributed by atoms with Crippen LogP contribution < -0.4 is 4.74 Å². The van der Waals surface area contributed by atoms with E-state index >= 15 is 0 Å². The average molecular weight is 247 g/mol. The Morgan fingerprint density at radius 3 is 2.12 bits per heavy atom. The number of benzene rings is 2. The molecule has 2 rings (SSSR count). The van der Waals surface area contributed by atoms with E-state index in [2.05, 4.69) is 0 Å². The molecule has 17 heavy (non-hydrogen) atoms. The molecule has 1 unspecified atom stereocenters. The van der Waals surface area contributed by atoms with Gasteiger partial charge in [0.05, 0.1) is 0 Å². The lowest BCUT2D eigenvalue weighted by atomic mass is 10.2. The van der Waals surface area contributed by atoms with Gasteiger partial charge >= 0.3 is 8.03 Å². The molecule has 0 fully saturated rings. The molecule has 2 aromatic carbocycles. The van der Waals surface area contributed by atoms with Crippen molar-refractivity contribution >= 4 is 8.03 Å². The Balaban J connectivity index is 2.06. The zero-order valence-corrected chi connectivity index (χ0v) is 10.0. The minimum absolute atomic E-state index is 0.181. The zero-order chi connectivity index (χ0) is 12.1. The molecule has 0 aliphatic rings. The van der Waals surface area contributed by atoms with Gasteiger partial charge in [0.1, 0.15) is 11.5 Å². The summed E-state index contributed by atoms with van der Waals surface area (Å²) in [6, 6.07) is 16.6. The predicted octanol–water partition coefficient (Wildman–Crippen LogP) is 3.71. The van der Waals surface area contributed by atoms with E-state index in [-0.39, 0.29) is 6.16 Å². The Morgan fingerprint density at radius 1 is 0.941 bits per heavy atom. The fraction of sp³-hybridized carbons (Fsp3) is 0.0769. The smallest absolute Gasteiger partial charge is 0.457 e. The van der Waals surface area contributed by atoms with E-state index in [4.69, 9.17) is 9.63 Å². The minimum atomic E-state index is -2.13. The van der Waals surface area contributed by atoms with E-state index in [0.29, 0.717) is 5.75 Å². The molecule has 0 aromatic heterocycles. The maximum absolute atomic E-state index is 10.7. The summed E-state index contributed by atoms with van der Waals surface area (Å²) in [5.41, 5.74) is 0.828. The third kappa shape index (κ3) is 3.66. The zero-order valence-electron chi connectivity index (χ0n) is 9.11. The first-order valence-corrected chi connectivity index (χ1v) is 6.59. The summed E-state index contributed by atoms with van der Waals surface area (Å²) >= 11 is 0. The molecule has 0 saturated carbocycles. The van der Waals surface area contributed by atoms with Crippen molar-refractivity contribution in [2.75, 3.05) is 0 Å². The second-order valence-electron chi connectivity index (χ2n) is 3.57. The summed E-state index contributed by atoms with van der Waals surface area (Å²) in [5.74, 6) is 1.49. The van der Waals surface area contributed by atoms with Crippen molar-refractivity contribution in [3.8, 4) is 11.5 Å². The van der Waals surface area contributed by atoms with Crippen LogP contribution in [0.2, 0.25) is 0 Å². The van der Waals surface area contributed by atoms with Crippen LogP contribution in [0.3, 0.4) is 0 Å². The number of hydrogen-bond acceptors (Lipinski definition) is 2. The van der Waals surface area contributed by atoms with E-state index in [1.165, 1.54) is 0 Å². The van der Waals surface area contributed by atoms with Crippen LogP contribution in [0.4, 0.5) is 0 Å². The van der Waals surface area contributed by atoms with Crippen LogP contribution >= 0.6 is 8.03 Å². The highest BCUT2D eigenvalue weighted by Gasteiger charge is 2.11. The first-order chi connectivity index (χ1) is 8.24. The third-order valence-corrected chi connectivity index (χ3v) is 2.86. The average Bonchev–Trinajstić information content (AvgIpc) is 2.32. The van der Waals surface area contributed by atoms with Crippen LogP contribution in [0.15, 0.2) is 54.6 Å². The number of rotatable bonds is 4. The second kappa shape index (κ2) is 5.58. The maximum Gasteiger partial charge on any atom is 0.510 e. The molecule has 1 N–H and O–H groups in total. The molecule has 2 aromatic rings. The van der Waals surface area contributed by atoms with Gasteiger partial charge in [-0.05, 0) is 28.8 Å². The fourth-order valence-corrected chi connectivity index (χ4v) is 1.97. The molecule has 86 valence electrons. The third-order valence-electron chi connectivity index (χ3n) is 2.22. The Morgan fingerprint density at radius 2 is 1.53 bits per heavy atom. The molecule has 0 heterocycles. The van der Waals surface area contributed by atoms with Crippen LogP contribution in [0.5, 0.6) is 11.5 Å². The predicted molar refractivity (Wildman–Crippen MR) is 66.5 cm³/mol. The molecule has 0 aliphatic carbocycles. The monoisotopic (exact) mass is 247 g/mol. The fourth-order valence-electron chi connectivity index (χ4n) is 1.44. The van der Waals surface area contributed by atoms with Gasteiger partial charge in [-0.25, -0.2) is 0 Å². The number of ether oxygens (including phenoxy) is 1. The van der Waals surface area contributed by atoms with Gasteiger partial charge in [0, 0.05) is 5.56 Å². The first kappa shape index (κ1) is 11.8. The van der Waals surface area contributed by atoms with Crippen LogP contribution in [-0.4, -0.2) is 4.89 Å². The van der Waals surface area contributed by atoms with Crippen LogP contribution in [0, 0.1) is 0 Å². The van der Waals surface area contributed by atoms with Gasteiger partial charge in [0.15, 0.2) is 0 Å². The maximum atomic E-state index is 10.7. The lowest BCUT2D eigenvalue weighted by molar-refractivity contribution is 0.482. The van der Waals surface area contributed by atoms with Crippen molar-refractivity contribution in [1.82, 2.24) is 0 Å². The molecular weight excluding hydrogens is 235 g/mol. The molecule has 4 heteroatoms. The second-order valence-corrected chi connectivity index (χ2v) is 4.59. The van der Waals surface area contributed by atoms with Gasteiger partial charge in [0.25, 0.3) is 0 Å². The summed E-state index contributed by atoms with van der Waals surface area (Å²) in [4.78, 5) is 8.79. The highest BCUT2D eigenvalue weighted by Crippen LogP contribution is 2.25. The Bertz CT molecular complexity index is 494. The van der Waals surface area contributed by atoms with Crippen LogP contribution in [0.1, 0.15) is 5.56 Å². The van der Waals surface area contributed by atoms with Crippen molar-refractivity contribution in [1.29, 1.82) is 0 Å². The molecule has 0 amide bonds. The van der Waals surface area contributed by atoms with Crippen molar-refractivity contribution in [2.45, 2.75) is 6.16 Å². The highest BCUT2D eigenvalue weighted by atomic mass is 31.1. The van der Waals surface area contributed by atoms with E-state index in [1.807, 2.05) is 30.3 Å². The molecule has 1 atom stereocenters. The normalized spacial score (nSPS) is 11.0. The van der Waals surface area contributed by atoms with E-state index in [0.717, 1.165) is 11.3 Å². The Hall–Kier alpha value is -1.70. The summed E-state index contributed by atoms with van der Waals surface area (Å²) in [6.07, 6.45) is 0.181. The van der Waals surface area contributed by atoms with Crippen molar-refractivity contribution < 1.29 is 14.2 Å². The standard InChI is InChI=1S/C13H11O3P/c14-17(15)10-11-6-8-13(9-7-11)16-12-4-2-1-3-5-12/h1-9H,10H2/p+1. The topological polar surface area (TPSA) is 46.5 Å². The largest absolute Gasteiger partial charge is 0.510 e. The summed E-state index contributed by atoms with van der Waals surface area (Å²) in [5, 5.41) is 0. The van der Waals surface area contributed by atoms with Gasteiger partial charge in [-0.2, -0.15) is 4.89 Å². The lowest BCUT2D eigenvalue weighted by Gasteiger charge is -2.04. The van der Waals surface area contributed by atoms with E-state index in [9.17, 15) is 4.57 Å². The lowest BCUT2D eigenvalue weighted by Crippen LogP contribution is -1.85. The molecule has 0 spiro atoms. The Labute approximate surface area is 101 Å². The van der Waals surface area contributed by atoms with Crippen LogP contribution in [-0.2, 0) is 10.7 Å². The molecule has 3 nitrogen and oxygen atoms in total. The summed E-state index contributed by atoms with van der Waals surface area (Å²) in [6.45, 7) is 0. The molecule has 0 radical (unpaired) electrons. The van der Waals surface area contributed by atoms with Crippen molar-refractivity contribution in [2.24, 2.45) is 0 Å². The van der Waals surface area contributed by atoms with E-state index < -0.39 is 8.03 Å². The first-order valence-electron chi connectivity index (χ1n) is 5.19. The molecule has 0 aliphatic heterocycles. The summed E-state index contributed by atoms with van der Waals surface area (Å²) < 4.78 is 16.3. The summed E-state index contributed by atoms with van der Waals surface area (Å²) in [7, 11) is -2.13. The number of hydrogen-bond donors (Lipinski definition) is 1. The van der Waals surface area contributed by atoms with Crippen molar-refractivity contribution in [3.05, 3.63) is 60.2 Å². The SMILES string of the molecule is O=[P+](O)Cc1ccc(Oc2ccccc2)cc1. The molecule has 0 bridgehead atoms. The van der Waals surface area contributed by atoms with Crippen molar-refractivity contribution in [3.63, 3.8) is 0 Å². The minimum Gasteiger partial charge on any atom is -0.457 e. The van der Waals surface area contributed by atoms with Gasteiger partial charge in [0.2, 0.25) is 6.16 Å². The molecule has 0 saturated heterocycles.